The molecular formula is C15H29N. The molecule has 1 saturated heterocycles. The van der Waals surface area contributed by atoms with Crippen LogP contribution in [0.15, 0.2) is 0 Å². The molecular weight excluding hydrogens is 194 g/mol. The Bertz CT molecular complexity index is 258. The van der Waals surface area contributed by atoms with E-state index in [-0.39, 0.29) is 0 Å². The van der Waals surface area contributed by atoms with E-state index in [0.29, 0.717) is 11.0 Å². The molecule has 0 amide bonds. The Morgan fingerprint density at radius 1 is 1.06 bits per heavy atom. The van der Waals surface area contributed by atoms with Crippen LogP contribution in [0.1, 0.15) is 60.3 Å². The van der Waals surface area contributed by atoms with Gasteiger partial charge in [0.05, 0.1) is 0 Å². The quantitative estimate of drug-likeness (QED) is 0.658. The van der Waals surface area contributed by atoms with Gasteiger partial charge in [0.25, 0.3) is 0 Å². The zero-order valence-electron chi connectivity index (χ0n) is 11.8. The van der Waals surface area contributed by atoms with Crippen molar-refractivity contribution in [3.63, 3.8) is 0 Å². The molecule has 1 heteroatoms. The molecule has 0 radical (unpaired) electrons. The van der Waals surface area contributed by atoms with Crippen molar-refractivity contribution in [3.05, 3.63) is 0 Å². The molecule has 0 aromatic rings. The van der Waals surface area contributed by atoms with Gasteiger partial charge in [-0.25, -0.2) is 0 Å². The van der Waals surface area contributed by atoms with Gasteiger partial charge in [0.1, 0.15) is 0 Å². The van der Waals surface area contributed by atoms with Crippen molar-refractivity contribution in [1.82, 2.24) is 5.32 Å². The third-order valence-corrected chi connectivity index (χ3v) is 5.94. The van der Waals surface area contributed by atoms with Crippen molar-refractivity contribution in [2.45, 2.75) is 65.8 Å². The molecule has 2 aliphatic rings. The van der Waals surface area contributed by atoms with Gasteiger partial charge in [0, 0.05) is 5.54 Å². The standard InChI is InChI=1S/C15H29N/c1-11-7-8-13-14(3,4)16-10-6-9-15(13,5)12(11)2/h11-13,16H,6-10H2,1-5H3. The zero-order chi connectivity index (χ0) is 12.0. The van der Waals surface area contributed by atoms with E-state index in [9.17, 15) is 0 Å². The smallest absolute Gasteiger partial charge is 0.0158 e. The van der Waals surface area contributed by atoms with Crippen LogP contribution in [0.3, 0.4) is 0 Å². The number of rotatable bonds is 0. The van der Waals surface area contributed by atoms with E-state index in [0.717, 1.165) is 17.8 Å². The maximum atomic E-state index is 3.78. The van der Waals surface area contributed by atoms with E-state index in [1.54, 1.807) is 0 Å². The predicted molar refractivity (Wildman–Crippen MR) is 70.5 cm³/mol. The van der Waals surface area contributed by atoms with Gasteiger partial charge in [0.15, 0.2) is 0 Å². The van der Waals surface area contributed by atoms with E-state index in [2.05, 4.69) is 39.9 Å². The lowest BCUT2D eigenvalue weighted by molar-refractivity contribution is -0.0254. The number of hydrogen-bond acceptors (Lipinski definition) is 1. The van der Waals surface area contributed by atoms with E-state index in [1.807, 2.05) is 0 Å². The Balaban J connectivity index is 2.32. The Labute approximate surface area is 101 Å². The summed E-state index contributed by atoms with van der Waals surface area (Å²) in [4.78, 5) is 0. The lowest BCUT2D eigenvalue weighted by atomic mass is 9.53. The molecule has 0 spiro atoms. The molecule has 4 atom stereocenters. The number of hydrogen-bond donors (Lipinski definition) is 1. The van der Waals surface area contributed by atoms with Crippen LogP contribution in [0.2, 0.25) is 0 Å². The van der Waals surface area contributed by atoms with E-state index in [4.69, 9.17) is 0 Å². The van der Waals surface area contributed by atoms with Crippen molar-refractivity contribution in [2.24, 2.45) is 23.2 Å². The van der Waals surface area contributed by atoms with Gasteiger partial charge in [-0.1, -0.05) is 27.2 Å². The number of nitrogens with one attached hydrogen (secondary N) is 1. The highest BCUT2D eigenvalue weighted by Crippen LogP contribution is 2.54. The monoisotopic (exact) mass is 223 g/mol. The molecule has 2 fully saturated rings. The van der Waals surface area contributed by atoms with Crippen LogP contribution in [0, 0.1) is 23.2 Å². The lowest BCUT2D eigenvalue weighted by Crippen LogP contribution is -2.54. The van der Waals surface area contributed by atoms with Gasteiger partial charge in [-0.3, -0.25) is 0 Å². The average Bonchev–Trinajstić information content (AvgIpc) is 2.32. The van der Waals surface area contributed by atoms with Crippen LogP contribution in [0.5, 0.6) is 0 Å². The van der Waals surface area contributed by atoms with Crippen LogP contribution < -0.4 is 5.32 Å². The van der Waals surface area contributed by atoms with Gasteiger partial charge >= 0.3 is 0 Å². The molecule has 1 heterocycles. The second-order valence-electron chi connectivity index (χ2n) is 7.15. The molecule has 94 valence electrons. The summed E-state index contributed by atoms with van der Waals surface area (Å²) < 4.78 is 0. The Morgan fingerprint density at radius 2 is 1.75 bits per heavy atom. The third-order valence-electron chi connectivity index (χ3n) is 5.94. The van der Waals surface area contributed by atoms with Gasteiger partial charge in [-0.2, -0.15) is 0 Å². The molecule has 0 bridgehead atoms. The minimum Gasteiger partial charge on any atom is -0.311 e. The highest BCUT2D eigenvalue weighted by molar-refractivity contribution is 5.03. The van der Waals surface area contributed by atoms with E-state index in [1.165, 1.54) is 32.2 Å². The van der Waals surface area contributed by atoms with Crippen LogP contribution in [-0.4, -0.2) is 12.1 Å². The Morgan fingerprint density at radius 3 is 2.44 bits per heavy atom. The average molecular weight is 223 g/mol. The fraction of sp³-hybridized carbons (Fsp3) is 1.00. The largest absolute Gasteiger partial charge is 0.311 e. The predicted octanol–water partition coefficient (Wildman–Crippen LogP) is 3.84. The summed E-state index contributed by atoms with van der Waals surface area (Å²) in [6.07, 6.45) is 5.61. The van der Waals surface area contributed by atoms with Crippen LogP contribution in [-0.2, 0) is 0 Å². The summed E-state index contributed by atoms with van der Waals surface area (Å²) in [5, 5.41) is 3.78. The minimum atomic E-state index is 0.333. The molecule has 1 nitrogen and oxygen atoms in total. The Hall–Kier alpha value is -0.0400. The van der Waals surface area contributed by atoms with Crippen molar-refractivity contribution in [1.29, 1.82) is 0 Å². The SMILES string of the molecule is CC1CCC2C(C)(C)NCCCC2(C)C1C. The van der Waals surface area contributed by atoms with Crippen LogP contribution >= 0.6 is 0 Å². The summed E-state index contributed by atoms with van der Waals surface area (Å²) in [6, 6.07) is 0. The molecule has 0 aromatic carbocycles. The molecule has 16 heavy (non-hydrogen) atoms. The molecule has 1 aliphatic heterocycles. The summed E-state index contributed by atoms with van der Waals surface area (Å²) in [5.74, 6) is 2.65. The molecule has 2 rings (SSSR count). The Kier molecular flexibility index (Phi) is 3.11. The fourth-order valence-electron chi connectivity index (χ4n) is 4.57. The second-order valence-corrected chi connectivity index (χ2v) is 7.15. The summed E-state index contributed by atoms with van der Waals surface area (Å²) in [5.41, 5.74) is 0.893. The molecule has 1 aliphatic carbocycles. The maximum absolute atomic E-state index is 3.78. The van der Waals surface area contributed by atoms with Crippen molar-refractivity contribution < 1.29 is 0 Å². The van der Waals surface area contributed by atoms with Gasteiger partial charge in [-0.15, -0.1) is 0 Å². The molecule has 4 unspecified atom stereocenters. The summed E-state index contributed by atoms with van der Waals surface area (Å²) >= 11 is 0. The molecule has 1 saturated carbocycles. The third kappa shape index (κ3) is 1.81. The summed E-state index contributed by atoms with van der Waals surface area (Å²) in [7, 11) is 0. The van der Waals surface area contributed by atoms with Crippen LogP contribution in [0.25, 0.3) is 0 Å². The van der Waals surface area contributed by atoms with Crippen molar-refractivity contribution >= 4 is 0 Å². The highest BCUT2D eigenvalue weighted by Gasteiger charge is 2.50. The zero-order valence-corrected chi connectivity index (χ0v) is 11.8. The lowest BCUT2D eigenvalue weighted by Gasteiger charge is -2.54. The van der Waals surface area contributed by atoms with Gasteiger partial charge < -0.3 is 5.32 Å². The van der Waals surface area contributed by atoms with E-state index < -0.39 is 0 Å². The first-order chi connectivity index (χ1) is 7.38. The highest BCUT2D eigenvalue weighted by atomic mass is 15.0. The summed E-state index contributed by atoms with van der Waals surface area (Å²) in [6.45, 7) is 13.6. The molecule has 1 N–H and O–H groups in total. The first-order valence-corrected chi connectivity index (χ1v) is 7.13. The maximum Gasteiger partial charge on any atom is 0.0158 e. The van der Waals surface area contributed by atoms with Crippen molar-refractivity contribution in [3.8, 4) is 0 Å². The first-order valence-electron chi connectivity index (χ1n) is 7.13. The van der Waals surface area contributed by atoms with Crippen molar-refractivity contribution in [2.75, 3.05) is 6.54 Å². The normalized spacial score (nSPS) is 48.2. The molecule has 0 aromatic heterocycles. The van der Waals surface area contributed by atoms with Crippen LogP contribution in [0.4, 0.5) is 0 Å². The second kappa shape index (κ2) is 4.01. The number of fused-ring (bicyclic) bond motifs is 1. The minimum absolute atomic E-state index is 0.333. The topological polar surface area (TPSA) is 12.0 Å². The van der Waals surface area contributed by atoms with E-state index >= 15 is 0 Å². The van der Waals surface area contributed by atoms with Gasteiger partial charge in [-0.05, 0) is 62.8 Å². The van der Waals surface area contributed by atoms with Gasteiger partial charge in [0.2, 0.25) is 0 Å². The fourth-order valence-corrected chi connectivity index (χ4v) is 4.57. The first kappa shape index (κ1) is 12.4.